The first-order valence-corrected chi connectivity index (χ1v) is 27.1. The Hall–Kier alpha value is -8.98. The standard InChI is InChI=1S/C51H44N10O12S3/c1-53-50(62)45-29-48(60(57-45)37-9-21-42(22-10-37)74(52,65)66)34-5-17-40(18-6-34)72-32-56-76(69,70)44-25-13-38(14-26-44)61-49(30-46(58-61)51(63)64)35-7-19-41(20-8-35)73-31-55-75(67,68)43-23-11-36(12-24-43)59-47(27-28-54-59)33-3-15-39(71-2)16-4-33/h3-30,55-56H,31-32H2,1-2H3,(H,53,62)(H,63,64)(H2,52,65,66). The topological polar surface area (TPSA) is 300 Å². The fourth-order valence-electron chi connectivity index (χ4n) is 7.70. The second-order valence-electron chi connectivity index (χ2n) is 16.3. The molecule has 25 heteroatoms. The highest BCUT2D eigenvalue weighted by Crippen LogP contribution is 2.30. The van der Waals surface area contributed by atoms with Crippen LogP contribution in [-0.2, 0) is 30.1 Å². The van der Waals surface area contributed by atoms with Crippen LogP contribution in [0.4, 0.5) is 0 Å². The fourth-order valence-corrected chi connectivity index (χ4v) is 9.97. The summed E-state index contributed by atoms with van der Waals surface area (Å²) in [6.45, 7) is -0.858. The Kier molecular flexibility index (Phi) is 14.7. The monoisotopic (exact) mass is 1080 g/mol. The normalized spacial score (nSPS) is 11.8. The number of aromatic nitrogens is 6. The number of sulfonamides is 3. The van der Waals surface area contributed by atoms with Gasteiger partial charge in [0.2, 0.25) is 30.1 Å². The van der Waals surface area contributed by atoms with Crippen LogP contribution in [0.3, 0.4) is 0 Å². The predicted octanol–water partition coefficient (Wildman–Crippen LogP) is 5.59. The number of carbonyl (C=O) groups excluding carboxylic acids is 1. The number of aromatic carboxylic acids is 1. The van der Waals surface area contributed by atoms with E-state index in [9.17, 15) is 39.9 Å². The van der Waals surface area contributed by atoms with Gasteiger partial charge >= 0.3 is 5.97 Å². The zero-order chi connectivity index (χ0) is 53.8. The van der Waals surface area contributed by atoms with Crippen LogP contribution in [0, 0.1) is 0 Å². The molecule has 0 saturated carbocycles. The molecule has 0 aliphatic heterocycles. The van der Waals surface area contributed by atoms with Crippen molar-refractivity contribution in [3.8, 4) is 68.1 Å². The van der Waals surface area contributed by atoms with Crippen molar-refractivity contribution in [2.75, 3.05) is 27.6 Å². The van der Waals surface area contributed by atoms with Crippen LogP contribution < -0.4 is 34.1 Å². The number of ether oxygens (including phenoxy) is 3. The molecular formula is C51H44N10O12S3. The van der Waals surface area contributed by atoms with Gasteiger partial charge in [0.25, 0.3) is 5.91 Å². The van der Waals surface area contributed by atoms with Crippen LogP contribution in [0.1, 0.15) is 21.0 Å². The Labute approximate surface area is 435 Å². The molecule has 22 nitrogen and oxygen atoms in total. The van der Waals surface area contributed by atoms with Crippen LogP contribution in [0.2, 0.25) is 0 Å². The average molecular weight is 1090 g/mol. The SMILES string of the molecule is CNC(=O)c1cc(-c2ccc(OCNS(=O)(=O)c3ccc(-n4nc(C(=O)O)cc4-c4ccc(OCNS(=O)(=O)c5ccc(-n6nccc6-c6ccc(OC)cc6)cc5)cc4)cc3)cc2)n(-c2ccc(S(N)(=O)=O)cc2)n1. The lowest BCUT2D eigenvalue weighted by Gasteiger charge is -2.12. The zero-order valence-corrected chi connectivity index (χ0v) is 42.5. The van der Waals surface area contributed by atoms with E-state index in [2.05, 4.69) is 30.1 Å². The number of nitrogens with two attached hydrogens (primary N) is 1. The van der Waals surface area contributed by atoms with Gasteiger partial charge in [-0.25, -0.2) is 49.2 Å². The lowest BCUT2D eigenvalue weighted by molar-refractivity contribution is 0.0689. The number of benzene rings is 6. The molecule has 3 aromatic heterocycles. The van der Waals surface area contributed by atoms with E-state index in [4.69, 9.17) is 19.3 Å². The van der Waals surface area contributed by atoms with Crippen molar-refractivity contribution in [2.45, 2.75) is 14.7 Å². The molecule has 0 aliphatic carbocycles. The zero-order valence-electron chi connectivity index (χ0n) is 40.0. The molecule has 0 fully saturated rings. The number of hydrogen-bond donors (Lipinski definition) is 5. The summed E-state index contributed by atoms with van der Waals surface area (Å²) in [7, 11) is -9.01. The molecule has 0 unspecified atom stereocenters. The molecule has 0 radical (unpaired) electrons. The molecule has 76 heavy (non-hydrogen) atoms. The molecule has 0 bridgehead atoms. The van der Waals surface area contributed by atoms with E-state index >= 15 is 0 Å². The van der Waals surface area contributed by atoms with Gasteiger partial charge in [0.15, 0.2) is 24.8 Å². The molecule has 6 aromatic carbocycles. The third-order valence-corrected chi connectivity index (χ3v) is 15.3. The van der Waals surface area contributed by atoms with Crippen LogP contribution in [0.25, 0.3) is 50.8 Å². The van der Waals surface area contributed by atoms with Gasteiger partial charge in [-0.1, -0.05) is 0 Å². The molecule has 0 saturated heterocycles. The van der Waals surface area contributed by atoms with Crippen molar-refractivity contribution in [1.82, 2.24) is 44.1 Å². The number of rotatable bonds is 20. The number of carboxylic acid groups (broad SMARTS) is 1. The Morgan fingerprint density at radius 3 is 1.34 bits per heavy atom. The largest absolute Gasteiger partial charge is 0.497 e. The summed E-state index contributed by atoms with van der Waals surface area (Å²) in [5.74, 6) is -0.435. The number of carboxylic acids is 1. The minimum absolute atomic E-state index is 0.00711. The van der Waals surface area contributed by atoms with Crippen LogP contribution in [0.15, 0.2) is 185 Å². The highest BCUT2D eigenvalue weighted by Gasteiger charge is 2.21. The first-order valence-electron chi connectivity index (χ1n) is 22.5. The molecule has 9 aromatic rings. The summed E-state index contributed by atoms with van der Waals surface area (Å²) < 4.78 is 103. The summed E-state index contributed by atoms with van der Waals surface area (Å²) in [6, 6.07) is 42.6. The maximum atomic E-state index is 13.3. The predicted molar refractivity (Wildman–Crippen MR) is 277 cm³/mol. The Morgan fingerprint density at radius 1 is 0.526 bits per heavy atom. The van der Waals surface area contributed by atoms with Crippen LogP contribution in [0.5, 0.6) is 17.2 Å². The highest BCUT2D eigenvalue weighted by molar-refractivity contribution is 7.90. The van der Waals surface area contributed by atoms with E-state index in [1.54, 1.807) is 84.7 Å². The number of methoxy groups -OCH3 is 1. The molecule has 6 N–H and O–H groups in total. The lowest BCUT2D eigenvalue weighted by atomic mass is 10.1. The maximum absolute atomic E-state index is 13.3. The van der Waals surface area contributed by atoms with E-state index in [-0.39, 0.29) is 26.1 Å². The average Bonchev–Trinajstić information content (AvgIpc) is 4.22. The maximum Gasteiger partial charge on any atom is 0.356 e. The third-order valence-electron chi connectivity index (χ3n) is 11.6. The minimum Gasteiger partial charge on any atom is -0.497 e. The van der Waals surface area contributed by atoms with Gasteiger partial charge in [0.1, 0.15) is 17.2 Å². The lowest BCUT2D eigenvalue weighted by Crippen LogP contribution is -2.27. The summed E-state index contributed by atoms with van der Waals surface area (Å²) in [5, 5.41) is 30.6. The Balaban J connectivity index is 0.812. The number of carbonyl (C=O) groups is 2. The van der Waals surface area contributed by atoms with Gasteiger partial charge in [0.05, 0.1) is 62.1 Å². The number of primary sulfonamides is 1. The van der Waals surface area contributed by atoms with E-state index in [1.165, 1.54) is 83.1 Å². The van der Waals surface area contributed by atoms with E-state index in [1.807, 2.05) is 30.3 Å². The smallest absolute Gasteiger partial charge is 0.356 e. The summed E-state index contributed by atoms with van der Waals surface area (Å²) in [6.07, 6.45) is 1.65. The highest BCUT2D eigenvalue weighted by atomic mass is 32.2. The second kappa shape index (κ2) is 21.5. The number of hydrogen-bond acceptors (Lipinski definition) is 14. The van der Waals surface area contributed by atoms with Crippen molar-refractivity contribution in [2.24, 2.45) is 5.14 Å². The Morgan fingerprint density at radius 2 is 0.921 bits per heavy atom. The van der Waals surface area contributed by atoms with E-state index in [0.717, 1.165) is 11.3 Å². The van der Waals surface area contributed by atoms with Gasteiger partial charge in [-0.05, 0) is 164 Å². The van der Waals surface area contributed by atoms with Crippen molar-refractivity contribution in [3.63, 3.8) is 0 Å². The van der Waals surface area contributed by atoms with Gasteiger partial charge in [-0.2, -0.15) is 24.7 Å². The first kappa shape index (κ1) is 51.9. The molecular weight excluding hydrogens is 1040 g/mol. The summed E-state index contributed by atoms with van der Waals surface area (Å²) >= 11 is 0. The van der Waals surface area contributed by atoms with Crippen molar-refractivity contribution in [1.29, 1.82) is 0 Å². The molecule has 9 rings (SSSR count). The van der Waals surface area contributed by atoms with Crippen molar-refractivity contribution >= 4 is 41.9 Å². The third kappa shape index (κ3) is 11.4. The van der Waals surface area contributed by atoms with Gasteiger partial charge in [0, 0.05) is 23.7 Å². The van der Waals surface area contributed by atoms with Gasteiger partial charge < -0.3 is 24.6 Å². The summed E-state index contributed by atoms with van der Waals surface area (Å²) in [4.78, 5) is 24.3. The molecule has 1 amide bonds. The first-order chi connectivity index (χ1) is 36.4. The Bertz CT molecular complexity index is 3920. The molecule has 3 heterocycles. The number of amides is 1. The van der Waals surface area contributed by atoms with E-state index in [0.29, 0.717) is 56.8 Å². The van der Waals surface area contributed by atoms with Crippen LogP contribution >= 0.6 is 0 Å². The van der Waals surface area contributed by atoms with Crippen molar-refractivity contribution < 1.29 is 54.2 Å². The van der Waals surface area contributed by atoms with Gasteiger partial charge in [-0.15, -0.1) is 0 Å². The van der Waals surface area contributed by atoms with Crippen molar-refractivity contribution in [3.05, 3.63) is 181 Å². The molecule has 0 atom stereocenters. The number of nitrogens with one attached hydrogen (secondary N) is 3. The van der Waals surface area contributed by atoms with E-state index < -0.39 is 55.4 Å². The fraction of sp³-hybridized carbons (Fsp3) is 0.0784. The summed E-state index contributed by atoms with van der Waals surface area (Å²) in [5.41, 5.74) is 4.89. The van der Waals surface area contributed by atoms with Gasteiger partial charge in [-0.3, -0.25) is 4.79 Å². The molecule has 0 spiro atoms. The number of nitrogens with zero attached hydrogens (tertiary/aromatic N) is 6. The molecule has 388 valence electrons. The molecule has 0 aliphatic rings. The van der Waals surface area contributed by atoms with Crippen LogP contribution in [-0.4, -0.2) is 99.2 Å². The minimum atomic E-state index is -4.12. The quantitative estimate of drug-likeness (QED) is 0.0582. The second-order valence-corrected chi connectivity index (χ2v) is 21.4.